The van der Waals surface area contributed by atoms with Crippen LogP contribution in [0.25, 0.3) is 0 Å². The molecule has 2 heterocycles. The summed E-state index contributed by atoms with van der Waals surface area (Å²) in [7, 11) is 0. The summed E-state index contributed by atoms with van der Waals surface area (Å²) >= 11 is 3.36. The Morgan fingerprint density at radius 2 is 2.40 bits per heavy atom. The largest absolute Gasteiger partial charge is 0.376 e. The predicted octanol–water partition coefficient (Wildman–Crippen LogP) is 2.82. The Kier molecular flexibility index (Phi) is 2.98. The standard InChI is InChI=1S/C11H15BrN2O/c1-8-11(2,6-7-15-8)14-10-5-3-4-9(12)13-10/h3-5,8H,6-7H2,1-2H3,(H,13,14). The topological polar surface area (TPSA) is 34.1 Å². The van der Waals surface area contributed by atoms with Gasteiger partial charge in [-0.1, -0.05) is 6.07 Å². The van der Waals surface area contributed by atoms with E-state index in [0.717, 1.165) is 23.4 Å². The molecule has 1 aliphatic heterocycles. The third kappa shape index (κ3) is 2.32. The van der Waals surface area contributed by atoms with Gasteiger partial charge in [0.05, 0.1) is 11.6 Å². The molecule has 1 aliphatic rings. The number of halogens is 1. The summed E-state index contributed by atoms with van der Waals surface area (Å²) in [5, 5.41) is 3.44. The summed E-state index contributed by atoms with van der Waals surface area (Å²) in [6, 6.07) is 5.87. The molecule has 0 bridgehead atoms. The van der Waals surface area contributed by atoms with Gasteiger partial charge in [0.25, 0.3) is 0 Å². The zero-order chi connectivity index (χ0) is 10.9. The van der Waals surface area contributed by atoms with Crippen LogP contribution in [-0.4, -0.2) is 23.2 Å². The van der Waals surface area contributed by atoms with Crippen LogP contribution in [0.3, 0.4) is 0 Å². The first-order valence-corrected chi connectivity index (χ1v) is 5.92. The summed E-state index contributed by atoms with van der Waals surface area (Å²) in [5.41, 5.74) is -0.00616. The fourth-order valence-electron chi connectivity index (χ4n) is 1.77. The zero-order valence-electron chi connectivity index (χ0n) is 8.96. The summed E-state index contributed by atoms with van der Waals surface area (Å²) < 4.78 is 6.42. The van der Waals surface area contributed by atoms with Crippen LogP contribution < -0.4 is 5.32 Å². The molecule has 4 heteroatoms. The molecule has 1 fully saturated rings. The molecule has 1 N–H and O–H groups in total. The van der Waals surface area contributed by atoms with Crippen LogP contribution in [0.4, 0.5) is 5.82 Å². The lowest BCUT2D eigenvalue weighted by molar-refractivity contribution is 0.105. The molecular formula is C11H15BrN2O. The Morgan fingerprint density at radius 1 is 1.60 bits per heavy atom. The quantitative estimate of drug-likeness (QED) is 0.840. The first-order valence-electron chi connectivity index (χ1n) is 5.12. The van der Waals surface area contributed by atoms with Crippen molar-refractivity contribution < 1.29 is 4.74 Å². The van der Waals surface area contributed by atoms with E-state index in [0.29, 0.717) is 0 Å². The molecule has 3 nitrogen and oxygen atoms in total. The van der Waals surface area contributed by atoms with Gasteiger partial charge in [-0.2, -0.15) is 0 Å². The number of hydrogen-bond donors (Lipinski definition) is 1. The molecule has 2 unspecified atom stereocenters. The van der Waals surface area contributed by atoms with Gasteiger partial charge in [0.15, 0.2) is 0 Å². The maximum Gasteiger partial charge on any atom is 0.127 e. The SMILES string of the molecule is CC1OCCC1(C)Nc1cccc(Br)n1. The van der Waals surface area contributed by atoms with Crippen LogP contribution in [0.1, 0.15) is 20.3 Å². The lowest BCUT2D eigenvalue weighted by atomic mass is 9.95. The van der Waals surface area contributed by atoms with Gasteiger partial charge in [-0.15, -0.1) is 0 Å². The summed E-state index contributed by atoms with van der Waals surface area (Å²) in [6.45, 7) is 5.09. The Balaban J connectivity index is 2.14. The molecular weight excluding hydrogens is 256 g/mol. The van der Waals surface area contributed by atoms with Crippen molar-refractivity contribution in [1.82, 2.24) is 4.98 Å². The van der Waals surface area contributed by atoms with Gasteiger partial charge < -0.3 is 10.1 Å². The highest BCUT2D eigenvalue weighted by Gasteiger charge is 2.37. The van der Waals surface area contributed by atoms with Crippen molar-refractivity contribution >= 4 is 21.7 Å². The van der Waals surface area contributed by atoms with Gasteiger partial charge in [-0.25, -0.2) is 4.98 Å². The number of anilines is 1. The average Bonchev–Trinajstić information content (AvgIpc) is 2.47. The number of pyridine rings is 1. The molecule has 0 spiro atoms. The first kappa shape index (κ1) is 10.9. The van der Waals surface area contributed by atoms with Crippen LogP contribution in [-0.2, 0) is 4.74 Å². The van der Waals surface area contributed by atoms with E-state index in [1.165, 1.54) is 0 Å². The zero-order valence-corrected chi connectivity index (χ0v) is 10.5. The van der Waals surface area contributed by atoms with Crippen LogP contribution in [0.5, 0.6) is 0 Å². The minimum absolute atomic E-state index is 0.00616. The maximum absolute atomic E-state index is 5.57. The molecule has 0 aromatic carbocycles. The molecule has 2 rings (SSSR count). The van der Waals surface area contributed by atoms with Crippen LogP contribution in [0.15, 0.2) is 22.8 Å². The summed E-state index contributed by atoms with van der Waals surface area (Å²) in [5.74, 6) is 0.893. The van der Waals surface area contributed by atoms with Gasteiger partial charge in [0, 0.05) is 6.61 Å². The molecule has 1 aromatic rings. The molecule has 82 valence electrons. The number of rotatable bonds is 2. The smallest absolute Gasteiger partial charge is 0.127 e. The third-order valence-electron chi connectivity index (χ3n) is 3.02. The van der Waals surface area contributed by atoms with E-state index in [-0.39, 0.29) is 11.6 Å². The monoisotopic (exact) mass is 270 g/mol. The Labute approximate surface area is 98.4 Å². The number of nitrogens with zero attached hydrogens (tertiary/aromatic N) is 1. The number of hydrogen-bond acceptors (Lipinski definition) is 3. The fourth-order valence-corrected chi connectivity index (χ4v) is 2.11. The molecule has 15 heavy (non-hydrogen) atoms. The average molecular weight is 271 g/mol. The van der Waals surface area contributed by atoms with Crippen molar-refractivity contribution in [2.45, 2.75) is 31.9 Å². The second-order valence-electron chi connectivity index (χ2n) is 4.15. The van der Waals surface area contributed by atoms with Crippen molar-refractivity contribution in [3.05, 3.63) is 22.8 Å². The maximum atomic E-state index is 5.57. The molecule has 0 radical (unpaired) electrons. The van der Waals surface area contributed by atoms with E-state index in [9.17, 15) is 0 Å². The lowest BCUT2D eigenvalue weighted by Gasteiger charge is -2.29. The van der Waals surface area contributed by atoms with E-state index in [1.54, 1.807) is 0 Å². The Morgan fingerprint density at radius 3 is 3.00 bits per heavy atom. The first-order chi connectivity index (χ1) is 7.10. The van der Waals surface area contributed by atoms with Crippen LogP contribution in [0, 0.1) is 0 Å². The van der Waals surface area contributed by atoms with Gasteiger partial charge in [0.1, 0.15) is 10.4 Å². The normalized spacial score (nSPS) is 30.5. The molecule has 0 amide bonds. The summed E-state index contributed by atoms with van der Waals surface area (Å²) in [4.78, 5) is 4.37. The highest BCUT2D eigenvalue weighted by Crippen LogP contribution is 2.29. The Bertz CT molecular complexity index is 358. The van der Waals surface area contributed by atoms with Crippen LogP contribution in [0.2, 0.25) is 0 Å². The fraction of sp³-hybridized carbons (Fsp3) is 0.545. The van der Waals surface area contributed by atoms with E-state index >= 15 is 0 Å². The second-order valence-corrected chi connectivity index (χ2v) is 4.96. The van der Waals surface area contributed by atoms with E-state index < -0.39 is 0 Å². The molecule has 0 aliphatic carbocycles. The van der Waals surface area contributed by atoms with Crippen molar-refractivity contribution in [2.75, 3.05) is 11.9 Å². The van der Waals surface area contributed by atoms with Crippen molar-refractivity contribution in [3.8, 4) is 0 Å². The van der Waals surface area contributed by atoms with Crippen molar-refractivity contribution in [1.29, 1.82) is 0 Å². The second kappa shape index (κ2) is 4.10. The van der Waals surface area contributed by atoms with Crippen molar-refractivity contribution in [3.63, 3.8) is 0 Å². The lowest BCUT2D eigenvalue weighted by Crippen LogP contribution is -2.41. The third-order valence-corrected chi connectivity index (χ3v) is 3.46. The Hall–Kier alpha value is -0.610. The van der Waals surface area contributed by atoms with E-state index in [4.69, 9.17) is 4.74 Å². The highest BCUT2D eigenvalue weighted by atomic mass is 79.9. The number of ether oxygens (including phenoxy) is 1. The number of nitrogens with one attached hydrogen (secondary N) is 1. The number of aromatic nitrogens is 1. The highest BCUT2D eigenvalue weighted by molar-refractivity contribution is 9.10. The van der Waals surface area contributed by atoms with E-state index in [2.05, 4.69) is 40.1 Å². The van der Waals surface area contributed by atoms with Gasteiger partial charge in [-0.3, -0.25) is 0 Å². The van der Waals surface area contributed by atoms with Crippen molar-refractivity contribution in [2.24, 2.45) is 0 Å². The van der Waals surface area contributed by atoms with E-state index in [1.807, 2.05) is 18.2 Å². The van der Waals surface area contributed by atoms with Gasteiger partial charge in [0.2, 0.25) is 0 Å². The van der Waals surface area contributed by atoms with Gasteiger partial charge in [-0.05, 0) is 48.3 Å². The molecule has 1 saturated heterocycles. The molecule has 1 aromatic heterocycles. The molecule has 0 saturated carbocycles. The van der Waals surface area contributed by atoms with Gasteiger partial charge >= 0.3 is 0 Å². The summed E-state index contributed by atoms with van der Waals surface area (Å²) in [6.07, 6.45) is 1.24. The molecule has 2 atom stereocenters. The van der Waals surface area contributed by atoms with Crippen LogP contribution >= 0.6 is 15.9 Å². The minimum atomic E-state index is -0.00616. The minimum Gasteiger partial charge on any atom is -0.376 e. The predicted molar refractivity (Wildman–Crippen MR) is 64.0 cm³/mol.